The number of aromatic nitrogens is 1. The number of piperazine rings is 1. The fourth-order valence-corrected chi connectivity index (χ4v) is 4.01. The van der Waals surface area contributed by atoms with E-state index < -0.39 is 0 Å². The first-order chi connectivity index (χ1) is 13.0. The molecule has 0 radical (unpaired) electrons. The van der Waals surface area contributed by atoms with Gasteiger partial charge >= 0.3 is 0 Å². The zero-order valence-electron chi connectivity index (χ0n) is 15.5. The molecule has 3 heterocycles. The minimum Gasteiger partial charge on any atom is -0.368 e. The lowest BCUT2D eigenvalue weighted by atomic mass is 10.1. The van der Waals surface area contributed by atoms with Crippen LogP contribution in [0.1, 0.15) is 24.1 Å². The van der Waals surface area contributed by atoms with Crippen molar-refractivity contribution in [3.05, 3.63) is 35.3 Å². The lowest BCUT2D eigenvalue weighted by Gasteiger charge is -2.35. The summed E-state index contributed by atoms with van der Waals surface area (Å²) in [5.74, 6) is -0.259. The molecular formula is C20H24FN3O3. The second-order valence-electron chi connectivity index (χ2n) is 7.28. The van der Waals surface area contributed by atoms with Crippen LogP contribution < -0.4 is 0 Å². The Hall–Kier alpha value is -2.41. The number of H-pyrrole nitrogens is 1. The van der Waals surface area contributed by atoms with Crippen molar-refractivity contribution in [1.82, 2.24) is 14.8 Å². The van der Waals surface area contributed by atoms with Crippen LogP contribution in [0.25, 0.3) is 10.9 Å². The van der Waals surface area contributed by atoms with Crippen molar-refractivity contribution < 1.29 is 18.7 Å². The minimum absolute atomic E-state index is 0.00692. The van der Waals surface area contributed by atoms with E-state index in [1.807, 2.05) is 13.0 Å². The Bertz CT molecular complexity index is 865. The normalized spacial score (nSPS) is 20.4. The van der Waals surface area contributed by atoms with Crippen molar-refractivity contribution in [3.63, 3.8) is 0 Å². The Morgan fingerprint density at radius 3 is 2.67 bits per heavy atom. The number of aryl methyl sites for hydroxylation is 1. The van der Waals surface area contributed by atoms with Crippen LogP contribution in [-0.4, -0.2) is 65.5 Å². The molecule has 144 valence electrons. The number of carbonyl (C=O) groups is 2. The highest BCUT2D eigenvalue weighted by molar-refractivity contribution is 5.90. The van der Waals surface area contributed by atoms with Crippen molar-refractivity contribution in [2.45, 2.75) is 32.3 Å². The van der Waals surface area contributed by atoms with Gasteiger partial charge in [-0.3, -0.25) is 9.59 Å². The van der Waals surface area contributed by atoms with E-state index >= 15 is 0 Å². The molecule has 0 bridgehead atoms. The summed E-state index contributed by atoms with van der Waals surface area (Å²) < 4.78 is 19.4. The molecule has 2 amide bonds. The Morgan fingerprint density at radius 2 is 1.96 bits per heavy atom. The predicted octanol–water partition coefficient (Wildman–Crippen LogP) is 2.01. The van der Waals surface area contributed by atoms with Crippen molar-refractivity contribution >= 4 is 22.7 Å². The molecule has 4 rings (SSSR count). The summed E-state index contributed by atoms with van der Waals surface area (Å²) in [4.78, 5) is 31.8. The summed E-state index contributed by atoms with van der Waals surface area (Å²) in [5, 5.41) is 0.757. The van der Waals surface area contributed by atoms with E-state index in [9.17, 15) is 14.0 Å². The van der Waals surface area contributed by atoms with Crippen LogP contribution in [-0.2, 0) is 20.7 Å². The largest absolute Gasteiger partial charge is 0.368 e. The molecule has 2 aliphatic rings. The van der Waals surface area contributed by atoms with Gasteiger partial charge in [0.2, 0.25) is 5.91 Å². The van der Waals surface area contributed by atoms with Crippen molar-refractivity contribution in [2.24, 2.45) is 0 Å². The number of aromatic amines is 1. The average molecular weight is 373 g/mol. The van der Waals surface area contributed by atoms with Gasteiger partial charge in [0.1, 0.15) is 11.9 Å². The number of benzene rings is 1. The Balaban J connectivity index is 1.40. The number of nitrogens with zero attached hydrogens (tertiary/aromatic N) is 2. The van der Waals surface area contributed by atoms with Crippen molar-refractivity contribution in [3.8, 4) is 0 Å². The van der Waals surface area contributed by atoms with Gasteiger partial charge in [-0.25, -0.2) is 4.39 Å². The highest BCUT2D eigenvalue weighted by atomic mass is 19.1. The van der Waals surface area contributed by atoms with E-state index in [0.29, 0.717) is 38.3 Å². The zero-order chi connectivity index (χ0) is 19.0. The molecule has 1 aromatic heterocycles. The molecule has 1 atom stereocenters. The van der Waals surface area contributed by atoms with Gasteiger partial charge in [-0.1, -0.05) is 12.1 Å². The van der Waals surface area contributed by atoms with Gasteiger partial charge in [-0.05, 0) is 31.4 Å². The Labute approximate surface area is 157 Å². The molecule has 0 saturated carbocycles. The number of para-hydroxylation sites is 1. The Morgan fingerprint density at radius 1 is 1.22 bits per heavy atom. The monoisotopic (exact) mass is 373 g/mol. The summed E-state index contributed by atoms with van der Waals surface area (Å²) >= 11 is 0. The number of halogens is 1. The van der Waals surface area contributed by atoms with E-state index in [-0.39, 0.29) is 30.2 Å². The number of ether oxygens (including phenoxy) is 1. The number of carbonyl (C=O) groups excluding carboxylic acids is 2. The molecule has 0 spiro atoms. The standard InChI is InChI=1S/C20H24FN3O3/c1-13-15(14-4-2-5-16(21)19(14)22-13)12-18(25)23-7-9-24(10-8-23)20(26)17-6-3-11-27-17/h2,4-5,17,22H,3,6-12H2,1H3. The SMILES string of the molecule is Cc1[nH]c2c(F)cccc2c1CC(=O)N1CCN(C(=O)C2CCCO2)CC1. The third kappa shape index (κ3) is 3.43. The van der Waals surface area contributed by atoms with Gasteiger partial charge in [0, 0.05) is 43.9 Å². The van der Waals surface area contributed by atoms with Crippen molar-refractivity contribution in [1.29, 1.82) is 0 Å². The number of amides is 2. The van der Waals surface area contributed by atoms with E-state index in [4.69, 9.17) is 4.74 Å². The van der Waals surface area contributed by atoms with Crippen LogP contribution in [0.15, 0.2) is 18.2 Å². The molecule has 6 nitrogen and oxygen atoms in total. The first-order valence-electron chi connectivity index (χ1n) is 9.48. The smallest absolute Gasteiger partial charge is 0.251 e. The number of rotatable bonds is 3. The number of fused-ring (bicyclic) bond motifs is 1. The molecule has 2 saturated heterocycles. The maximum atomic E-state index is 13.9. The summed E-state index contributed by atoms with van der Waals surface area (Å²) in [6.07, 6.45) is 1.64. The molecule has 0 aliphatic carbocycles. The third-order valence-corrected chi connectivity index (χ3v) is 5.58. The molecule has 2 aromatic rings. The quantitative estimate of drug-likeness (QED) is 0.895. The Kier molecular flexibility index (Phi) is 4.86. The number of hydrogen-bond donors (Lipinski definition) is 1. The zero-order valence-corrected chi connectivity index (χ0v) is 15.5. The van der Waals surface area contributed by atoms with Crippen LogP contribution in [0, 0.1) is 12.7 Å². The van der Waals surface area contributed by atoms with Gasteiger partial charge in [0.15, 0.2) is 0 Å². The molecule has 1 N–H and O–H groups in total. The third-order valence-electron chi connectivity index (χ3n) is 5.58. The highest BCUT2D eigenvalue weighted by Crippen LogP contribution is 2.25. The van der Waals surface area contributed by atoms with Gasteiger partial charge < -0.3 is 19.5 Å². The fraction of sp³-hybridized carbons (Fsp3) is 0.500. The second kappa shape index (κ2) is 7.31. The van der Waals surface area contributed by atoms with E-state index in [0.717, 1.165) is 29.5 Å². The first kappa shape index (κ1) is 18.0. The summed E-state index contributed by atoms with van der Waals surface area (Å²) in [5.41, 5.74) is 2.10. The molecule has 27 heavy (non-hydrogen) atoms. The van der Waals surface area contributed by atoms with E-state index in [2.05, 4.69) is 4.98 Å². The van der Waals surface area contributed by atoms with Gasteiger partial charge in [0.05, 0.1) is 11.9 Å². The molecule has 1 unspecified atom stereocenters. The van der Waals surface area contributed by atoms with Gasteiger partial charge in [-0.15, -0.1) is 0 Å². The van der Waals surface area contributed by atoms with E-state index in [1.165, 1.54) is 6.07 Å². The predicted molar refractivity (Wildman–Crippen MR) is 98.8 cm³/mol. The van der Waals surface area contributed by atoms with Crippen LogP contribution in [0.2, 0.25) is 0 Å². The topological polar surface area (TPSA) is 65.6 Å². The molecular weight excluding hydrogens is 349 g/mol. The maximum Gasteiger partial charge on any atom is 0.251 e. The average Bonchev–Trinajstić information content (AvgIpc) is 3.31. The second-order valence-corrected chi connectivity index (χ2v) is 7.28. The molecule has 2 aliphatic heterocycles. The highest BCUT2D eigenvalue weighted by Gasteiger charge is 2.31. The maximum absolute atomic E-state index is 13.9. The number of hydrogen-bond acceptors (Lipinski definition) is 3. The van der Waals surface area contributed by atoms with E-state index in [1.54, 1.807) is 15.9 Å². The van der Waals surface area contributed by atoms with Crippen LogP contribution in [0.5, 0.6) is 0 Å². The van der Waals surface area contributed by atoms with Crippen LogP contribution in [0.4, 0.5) is 4.39 Å². The van der Waals surface area contributed by atoms with Gasteiger partial charge in [0.25, 0.3) is 5.91 Å². The van der Waals surface area contributed by atoms with Crippen molar-refractivity contribution in [2.75, 3.05) is 32.8 Å². The summed E-state index contributed by atoms with van der Waals surface area (Å²) in [7, 11) is 0. The lowest BCUT2D eigenvalue weighted by molar-refractivity contribution is -0.145. The summed E-state index contributed by atoms with van der Waals surface area (Å²) in [6.45, 7) is 4.62. The fourth-order valence-electron chi connectivity index (χ4n) is 4.01. The van der Waals surface area contributed by atoms with Gasteiger partial charge in [-0.2, -0.15) is 0 Å². The first-order valence-corrected chi connectivity index (χ1v) is 9.48. The molecule has 7 heteroatoms. The van der Waals surface area contributed by atoms with Crippen LogP contribution in [0.3, 0.4) is 0 Å². The minimum atomic E-state index is -0.310. The lowest BCUT2D eigenvalue weighted by Crippen LogP contribution is -2.53. The van der Waals surface area contributed by atoms with Crippen LogP contribution >= 0.6 is 0 Å². The number of nitrogens with one attached hydrogen (secondary N) is 1. The molecule has 1 aromatic carbocycles. The summed E-state index contributed by atoms with van der Waals surface area (Å²) in [6, 6.07) is 4.91. The molecule has 2 fully saturated rings.